The van der Waals surface area contributed by atoms with Gasteiger partial charge in [-0.25, -0.2) is 0 Å². The molecule has 0 aromatic carbocycles. The number of hydrogen-bond acceptors (Lipinski definition) is 9. The molecule has 0 spiro atoms. The zero-order valence-electron chi connectivity index (χ0n) is 39.6. The van der Waals surface area contributed by atoms with E-state index in [2.05, 4.69) is 49.5 Å². The molecule has 0 aromatic rings. The van der Waals surface area contributed by atoms with Crippen LogP contribution in [0.4, 0.5) is 0 Å². The molecule has 2 atom stereocenters. The second kappa shape index (κ2) is 43.2. The second-order valence-electron chi connectivity index (χ2n) is 17.6. The normalized spacial score (nSPS) is 13.9. The molecule has 0 aliphatic rings. The van der Waals surface area contributed by atoms with Crippen LogP contribution in [0.1, 0.15) is 200 Å². The molecule has 0 amide bonds. The Morgan fingerprint density at radius 1 is 0.557 bits per heavy atom. The van der Waals surface area contributed by atoms with E-state index in [1.807, 2.05) is 27.2 Å². The van der Waals surface area contributed by atoms with Gasteiger partial charge in [0.15, 0.2) is 6.10 Å². The number of nitrogens with zero attached hydrogens (tertiary/aromatic N) is 1. The first-order chi connectivity index (χ1) is 29.5. The molecular formula is C50H92NO9P. The lowest BCUT2D eigenvalue weighted by atomic mass is 10.0. The Hall–Kier alpha value is -2.07. The van der Waals surface area contributed by atoms with Crippen LogP contribution >= 0.6 is 7.82 Å². The van der Waals surface area contributed by atoms with Gasteiger partial charge in [-0.05, 0) is 57.8 Å². The average molecular weight is 882 g/mol. The first-order valence-corrected chi connectivity index (χ1v) is 25.9. The van der Waals surface area contributed by atoms with Crippen LogP contribution in [0, 0.1) is 0 Å². The molecule has 0 aliphatic carbocycles. The minimum absolute atomic E-state index is 0.0461. The number of unbranched alkanes of at least 4 members (excludes halogenated alkanes) is 22. The van der Waals surface area contributed by atoms with Crippen molar-refractivity contribution in [3.63, 3.8) is 0 Å². The molecule has 11 heteroatoms. The summed E-state index contributed by atoms with van der Waals surface area (Å²) in [4.78, 5) is 37.6. The Kier molecular flexibility index (Phi) is 41.7. The summed E-state index contributed by atoms with van der Waals surface area (Å²) in [6.07, 6.45) is 48.8. The lowest BCUT2D eigenvalue weighted by Gasteiger charge is -2.28. The quantitative estimate of drug-likeness (QED) is 0.0209. The first-order valence-electron chi connectivity index (χ1n) is 24.5. The molecule has 1 N–H and O–H groups in total. The van der Waals surface area contributed by atoms with Gasteiger partial charge in [0.25, 0.3) is 7.82 Å². The van der Waals surface area contributed by atoms with Crippen molar-refractivity contribution in [1.82, 2.24) is 0 Å². The van der Waals surface area contributed by atoms with E-state index >= 15 is 0 Å². The zero-order chi connectivity index (χ0) is 45.0. The van der Waals surface area contributed by atoms with Crippen LogP contribution in [0.25, 0.3) is 0 Å². The summed E-state index contributed by atoms with van der Waals surface area (Å²) in [5, 5.41) is 8.81. The van der Waals surface area contributed by atoms with E-state index in [1.54, 1.807) is 0 Å². The number of rotatable bonds is 45. The average Bonchev–Trinajstić information content (AvgIpc) is 3.21. The number of esters is 2. The van der Waals surface area contributed by atoms with Crippen LogP contribution in [0.15, 0.2) is 48.6 Å². The standard InChI is InChI=1S/C50H92NO9P/c1-5-6-7-8-9-10-11-12-13-14-15-17-20-23-26-29-32-35-38-41-49(53)57-46-48(47-59-61(55,56)58-45-43-51(2,3)4)60-50(54)42-39-36-33-30-27-24-21-18-16-19-22-25-28-31-34-37-40-44-52/h16,19,21,24-25,28,30,33,48,52H,5-15,17-18,20,22-23,26-27,29,31-32,34-47H2,1-4H3/b19-16-,24-21-,28-25-,33-30-/t48-/m1/s1. The fraction of sp³-hybridized carbons (Fsp3) is 0.800. The molecule has 10 nitrogen and oxygen atoms in total. The Morgan fingerprint density at radius 3 is 1.46 bits per heavy atom. The van der Waals surface area contributed by atoms with Crippen molar-refractivity contribution in [1.29, 1.82) is 0 Å². The zero-order valence-corrected chi connectivity index (χ0v) is 40.4. The number of likely N-dealkylation sites (N-methyl/N-ethyl adjacent to an activating group) is 1. The number of aliphatic hydroxyl groups is 1. The van der Waals surface area contributed by atoms with Crippen LogP contribution in [-0.4, -0.2) is 81.7 Å². The van der Waals surface area contributed by atoms with E-state index in [1.165, 1.54) is 103 Å². The van der Waals surface area contributed by atoms with Gasteiger partial charge in [-0.2, -0.15) is 0 Å². The number of carbonyl (C=O) groups is 2. The van der Waals surface area contributed by atoms with E-state index in [0.29, 0.717) is 23.9 Å². The molecule has 1 unspecified atom stereocenters. The van der Waals surface area contributed by atoms with Crippen molar-refractivity contribution in [3.05, 3.63) is 48.6 Å². The topological polar surface area (TPSA) is 131 Å². The molecule has 61 heavy (non-hydrogen) atoms. The van der Waals surface area contributed by atoms with E-state index in [9.17, 15) is 19.0 Å². The van der Waals surface area contributed by atoms with Gasteiger partial charge < -0.3 is 33.0 Å². The predicted molar refractivity (Wildman–Crippen MR) is 251 cm³/mol. The predicted octanol–water partition coefficient (Wildman–Crippen LogP) is 12.6. The number of quaternary nitrogens is 1. The number of hydrogen-bond donors (Lipinski definition) is 1. The van der Waals surface area contributed by atoms with Gasteiger partial charge in [-0.1, -0.05) is 178 Å². The molecule has 0 saturated heterocycles. The van der Waals surface area contributed by atoms with Crippen molar-refractivity contribution in [2.75, 3.05) is 54.1 Å². The maximum Gasteiger partial charge on any atom is 0.306 e. The van der Waals surface area contributed by atoms with Crippen LogP contribution in [-0.2, 0) is 32.7 Å². The maximum absolute atomic E-state index is 12.7. The minimum atomic E-state index is -4.65. The van der Waals surface area contributed by atoms with Crippen LogP contribution in [0.5, 0.6) is 0 Å². The number of carbonyl (C=O) groups excluding carboxylic acids is 2. The fourth-order valence-electron chi connectivity index (χ4n) is 6.57. The Morgan fingerprint density at radius 2 is 0.984 bits per heavy atom. The van der Waals surface area contributed by atoms with Crippen LogP contribution < -0.4 is 4.89 Å². The molecule has 0 heterocycles. The summed E-state index contributed by atoms with van der Waals surface area (Å²) in [7, 11) is 1.11. The maximum atomic E-state index is 12.7. The largest absolute Gasteiger partial charge is 0.756 e. The summed E-state index contributed by atoms with van der Waals surface area (Å²) < 4.78 is 33.9. The molecular weight excluding hydrogens is 790 g/mol. The highest BCUT2D eigenvalue weighted by molar-refractivity contribution is 7.45. The van der Waals surface area contributed by atoms with Crippen LogP contribution in [0.2, 0.25) is 0 Å². The Balaban J connectivity index is 4.35. The van der Waals surface area contributed by atoms with Crippen molar-refractivity contribution in [2.24, 2.45) is 0 Å². The van der Waals surface area contributed by atoms with Gasteiger partial charge in [0.1, 0.15) is 19.8 Å². The third-order valence-corrected chi connectivity index (χ3v) is 11.4. The van der Waals surface area contributed by atoms with E-state index < -0.39 is 32.5 Å². The summed E-state index contributed by atoms with van der Waals surface area (Å²) in [6, 6.07) is 0. The SMILES string of the molecule is CCCCCCCCCCCCCCCCCCCCCC(=O)OC[C@H](COP(=O)([O-])OCC[N+](C)(C)C)OC(=O)CCC/C=C\C/C=C\C/C=C\C/C=C\CCCCCO. The van der Waals surface area contributed by atoms with Crippen molar-refractivity contribution in [3.8, 4) is 0 Å². The lowest BCUT2D eigenvalue weighted by molar-refractivity contribution is -0.870. The van der Waals surface area contributed by atoms with E-state index in [0.717, 1.165) is 64.2 Å². The summed E-state index contributed by atoms with van der Waals surface area (Å²) >= 11 is 0. The van der Waals surface area contributed by atoms with Gasteiger partial charge >= 0.3 is 11.9 Å². The molecule has 0 radical (unpaired) electrons. The lowest BCUT2D eigenvalue weighted by Crippen LogP contribution is -2.37. The van der Waals surface area contributed by atoms with Gasteiger partial charge in [0.2, 0.25) is 0 Å². The van der Waals surface area contributed by atoms with E-state index in [4.69, 9.17) is 23.6 Å². The highest BCUT2D eigenvalue weighted by Crippen LogP contribution is 2.38. The van der Waals surface area contributed by atoms with Gasteiger partial charge in [0.05, 0.1) is 27.7 Å². The second-order valence-corrected chi connectivity index (χ2v) is 19.0. The number of ether oxygens (including phenoxy) is 2. The third-order valence-electron chi connectivity index (χ3n) is 10.4. The number of phosphoric ester groups is 1. The molecule has 0 bridgehead atoms. The molecule has 0 fully saturated rings. The molecule has 0 saturated carbocycles. The number of aliphatic hydroxyl groups excluding tert-OH is 1. The highest BCUT2D eigenvalue weighted by atomic mass is 31.2. The smallest absolute Gasteiger partial charge is 0.306 e. The highest BCUT2D eigenvalue weighted by Gasteiger charge is 2.21. The van der Waals surface area contributed by atoms with Gasteiger partial charge in [-0.15, -0.1) is 0 Å². The number of phosphoric acid groups is 1. The third kappa shape index (κ3) is 47.2. The minimum Gasteiger partial charge on any atom is -0.756 e. The summed E-state index contributed by atoms with van der Waals surface area (Å²) in [5.74, 6) is -0.909. The first kappa shape index (κ1) is 58.9. The van der Waals surface area contributed by atoms with Crippen molar-refractivity contribution in [2.45, 2.75) is 206 Å². The monoisotopic (exact) mass is 882 g/mol. The Bertz CT molecular complexity index is 1180. The van der Waals surface area contributed by atoms with E-state index in [-0.39, 0.29) is 32.7 Å². The fourth-order valence-corrected chi connectivity index (χ4v) is 7.30. The van der Waals surface area contributed by atoms with Crippen LogP contribution in [0.3, 0.4) is 0 Å². The molecule has 356 valence electrons. The molecule has 0 rings (SSSR count). The van der Waals surface area contributed by atoms with Gasteiger partial charge in [0, 0.05) is 19.4 Å². The number of allylic oxidation sites excluding steroid dienone is 8. The molecule has 0 aromatic heterocycles. The molecule has 0 aliphatic heterocycles. The summed E-state index contributed by atoms with van der Waals surface area (Å²) in [6.45, 7) is 2.18. The van der Waals surface area contributed by atoms with Gasteiger partial charge in [-0.3, -0.25) is 14.2 Å². The van der Waals surface area contributed by atoms with Crippen molar-refractivity contribution >= 4 is 19.8 Å². The Labute approximate surface area is 374 Å². The summed E-state index contributed by atoms with van der Waals surface area (Å²) in [5.41, 5.74) is 0. The van der Waals surface area contributed by atoms with Crippen molar-refractivity contribution < 1.29 is 47.2 Å².